The van der Waals surface area contributed by atoms with Crippen LogP contribution in [-0.4, -0.2) is 15.7 Å². The van der Waals surface area contributed by atoms with Crippen molar-refractivity contribution in [1.82, 2.24) is 9.97 Å². The summed E-state index contributed by atoms with van der Waals surface area (Å²) in [7, 11) is 0. The smallest absolute Gasteiger partial charge is 0.419 e. The van der Waals surface area contributed by atoms with E-state index in [0.717, 1.165) is 17.2 Å². The predicted octanol–water partition coefficient (Wildman–Crippen LogP) is 6.23. The fraction of sp³-hybridized carbons (Fsp3) is 0.0435. The van der Waals surface area contributed by atoms with E-state index in [-0.39, 0.29) is 11.5 Å². The lowest BCUT2D eigenvalue weighted by Crippen LogP contribution is -2.07. The molecule has 1 aromatic heterocycles. The van der Waals surface area contributed by atoms with E-state index in [1.54, 1.807) is 18.2 Å². The molecule has 0 saturated carbocycles. The average Bonchev–Trinajstić information content (AvgIpc) is 3.05. The van der Waals surface area contributed by atoms with Crippen LogP contribution in [0, 0.1) is 12.4 Å². The molecule has 156 valence electrons. The van der Waals surface area contributed by atoms with E-state index in [2.05, 4.69) is 20.0 Å². The van der Waals surface area contributed by atoms with Gasteiger partial charge >= 0.3 is 6.18 Å². The molecule has 1 heterocycles. The maximum absolute atomic E-state index is 13.8. The molecule has 0 radical (unpaired) electrons. The van der Waals surface area contributed by atoms with Gasteiger partial charge in [0.05, 0.1) is 27.4 Å². The Kier molecular flexibility index (Phi) is 4.37. The summed E-state index contributed by atoms with van der Waals surface area (Å²) < 4.78 is 57.6. The molecule has 0 aliphatic heterocycles. The molecule has 5 nitrogen and oxygen atoms in total. The number of aromatic nitrogens is 2. The minimum Gasteiger partial charge on any atom is -0.457 e. The Morgan fingerprint density at radius 3 is 2.25 bits per heavy atom. The number of hydrogen-bond donors (Lipinski definition) is 0. The Bertz CT molecular complexity index is 1470. The molecule has 1 aliphatic carbocycles. The van der Waals surface area contributed by atoms with Crippen LogP contribution in [0.15, 0.2) is 65.8 Å². The third-order valence-corrected chi connectivity index (χ3v) is 4.93. The van der Waals surface area contributed by atoms with Crippen LogP contribution < -0.4 is 4.74 Å². The molecule has 4 aromatic rings. The summed E-state index contributed by atoms with van der Waals surface area (Å²) in [5, 5.41) is 3.88. The van der Waals surface area contributed by atoms with Gasteiger partial charge in [-0.25, -0.2) is 14.4 Å². The molecule has 3 aromatic carbocycles. The zero-order valence-electron chi connectivity index (χ0n) is 16.0. The van der Waals surface area contributed by atoms with Gasteiger partial charge in [-0.2, -0.15) is 19.7 Å². The Morgan fingerprint density at radius 1 is 0.844 bits per heavy atom. The summed E-state index contributed by atoms with van der Waals surface area (Å²) in [4.78, 5) is 12.4. The van der Waals surface area contributed by atoms with Gasteiger partial charge in [-0.1, -0.05) is 24.3 Å². The van der Waals surface area contributed by atoms with E-state index in [0.29, 0.717) is 40.3 Å². The second kappa shape index (κ2) is 7.13. The van der Waals surface area contributed by atoms with Gasteiger partial charge in [0.25, 0.3) is 0 Å². The highest BCUT2D eigenvalue weighted by molar-refractivity contribution is 6.23. The minimum atomic E-state index is -4.78. The van der Waals surface area contributed by atoms with Crippen molar-refractivity contribution < 1.29 is 22.3 Å². The van der Waals surface area contributed by atoms with Gasteiger partial charge in [-0.15, -0.1) is 4.95 Å². The van der Waals surface area contributed by atoms with E-state index >= 15 is 0 Å². The molecule has 0 fully saturated rings. The van der Waals surface area contributed by atoms with Gasteiger partial charge in [0, 0.05) is 23.3 Å². The second-order valence-corrected chi connectivity index (χ2v) is 6.91. The maximum Gasteiger partial charge on any atom is 0.419 e. The minimum absolute atomic E-state index is 0.0826. The van der Waals surface area contributed by atoms with Crippen LogP contribution in [0.25, 0.3) is 27.2 Å². The van der Waals surface area contributed by atoms with Crippen molar-refractivity contribution in [2.75, 3.05) is 0 Å². The number of rotatable bonds is 2. The zero-order chi connectivity index (χ0) is 22.5. The Balaban J connectivity index is 1.55. The fourth-order valence-corrected chi connectivity index (χ4v) is 3.55. The number of ether oxygens (including phenoxy) is 1. The number of fused-ring (bicyclic) bond motifs is 4. The number of alkyl halides is 3. The van der Waals surface area contributed by atoms with E-state index in [4.69, 9.17) is 11.3 Å². The molecule has 0 N–H and O–H groups in total. The van der Waals surface area contributed by atoms with Crippen LogP contribution in [-0.2, 0) is 6.18 Å². The normalized spacial score (nSPS) is 13.7. The summed E-state index contributed by atoms with van der Waals surface area (Å²) >= 11 is 0. The second-order valence-electron chi connectivity index (χ2n) is 6.91. The van der Waals surface area contributed by atoms with Crippen molar-refractivity contribution in [3.05, 3.63) is 94.8 Å². The maximum atomic E-state index is 13.8. The fourth-order valence-electron chi connectivity index (χ4n) is 3.55. The molecule has 1 aliphatic rings. The first kappa shape index (κ1) is 19.6. The highest BCUT2D eigenvalue weighted by Gasteiger charge is 2.34. The molecule has 0 atom stereocenters. The summed E-state index contributed by atoms with van der Waals surface area (Å²) in [6.07, 6.45) is -4.78. The summed E-state index contributed by atoms with van der Waals surface area (Å²) in [6, 6.07) is 14.5. The van der Waals surface area contributed by atoms with E-state index < -0.39 is 17.6 Å². The lowest BCUT2D eigenvalue weighted by atomic mass is 10.1. The molecule has 32 heavy (non-hydrogen) atoms. The predicted molar refractivity (Wildman–Crippen MR) is 109 cm³/mol. The standard InChI is InChI=1S/C23H10F4N4O/c1-28-31-21-15-5-3-2-4-14(15)20-22(21)29-18-9-7-13(11-19(18)30-20)32-12-6-8-16(17(24)10-12)23(25,26)27/h2-11H. The topological polar surface area (TPSA) is 51.7 Å². The molecular weight excluding hydrogens is 424 g/mol. The first-order chi connectivity index (χ1) is 15.3. The molecule has 0 bridgehead atoms. The Morgan fingerprint density at radius 2 is 1.53 bits per heavy atom. The molecule has 9 heteroatoms. The monoisotopic (exact) mass is 434 g/mol. The average molecular weight is 434 g/mol. The van der Waals surface area contributed by atoms with Crippen LogP contribution in [0.4, 0.5) is 17.6 Å². The quantitative estimate of drug-likeness (QED) is 0.188. The van der Waals surface area contributed by atoms with Crippen molar-refractivity contribution in [2.24, 2.45) is 5.10 Å². The number of halogens is 4. The first-order valence-electron chi connectivity index (χ1n) is 9.26. The van der Waals surface area contributed by atoms with Gasteiger partial charge in [0.15, 0.2) is 5.71 Å². The lowest BCUT2D eigenvalue weighted by molar-refractivity contribution is -0.140. The van der Waals surface area contributed by atoms with Gasteiger partial charge in [-0.3, -0.25) is 0 Å². The van der Waals surface area contributed by atoms with E-state index in [9.17, 15) is 17.6 Å². The van der Waals surface area contributed by atoms with Crippen LogP contribution in [0.5, 0.6) is 11.5 Å². The highest BCUT2D eigenvalue weighted by Crippen LogP contribution is 2.37. The van der Waals surface area contributed by atoms with Crippen LogP contribution in [0.1, 0.15) is 16.8 Å². The SMILES string of the molecule is [C-]#[N+]N=C1c2ccccc2-c2nc3cc(Oc4ccc(C(F)(F)F)c(F)c4)ccc3nc21. The van der Waals surface area contributed by atoms with Gasteiger partial charge in [-0.05, 0) is 24.3 Å². The number of hydrogen-bond acceptors (Lipinski definition) is 4. The van der Waals surface area contributed by atoms with E-state index in [1.807, 2.05) is 24.3 Å². The summed E-state index contributed by atoms with van der Waals surface area (Å²) in [5.41, 5.74) is 2.66. The third-order valence-electron chi connectivity index (χ3n) is 4.93. The van der Waals surface area contributed by atoms with Crippen LogP contribution >= 0.6 is 0 Å². The van der Waals surface area contributed by atoms with Gasteiger partial charge in [0.2, 0.25) is 0 Å². The van der Waals surface area contributed by atoms with Gasteiger partial charge < -0.3 is 4.74 Å². The highest BCUT2D eigenvalue weighted by atomic mass is 19.4. The summed E-state index contributed by atoms with van der Waals surface area (Å²) in [5.74, 6) is -1.25. The van der Waals surface area contributed by atoms with Crippen molar-refractivity contribution in [3.8, 4) is 22.8 Å². The van der Waals surface area contributed by atoms with Crippen LogP contribution in [0.2, 0.25) is 0 Å². The van der Waals surface area contributed by atoms with Crippen molar-refractivity contribution in [1.29, 1.82) is 0 Å². The van der Waals surface area contributed by atoms with Crippen molar-refractivity contribution in [2.45, 2.75) is 6.18 Å². The van der Waals surface area contributed by atoms with Gasteiger partial charge in [0.1, 0.15) is 23.0 Å². The molecule has 0 saturated heterocycles. The lowest BCUT2D eigenvalue weighted by Gasteiger charge is -2.11. The first-order valence-corrected chi connectivity index (χ1v) is 9.26. The van der Waals surface area contributed by atoms with Crippen molar-refractivity contribution in [3.63, 3.8) is 0 Å². The Labute approximate surface area is 178 Å². The molecule has 5 rings (SSSR count). The molecule has 0 amide bonds. The van der Waals surface area contributed by atoms with E-state index in [1.165, 1.54) is 0 Å². The molecular formula is C23H10F4N4O. The molecule has 0 unspecified atom stereocenters. The van der Waals surface area contributed by atoms with Crippen molar-refractivity contribution >= 4 is 16.7 Å². The zero-order valence-corrected chi connectivity index (χ0v) is 16.0. The van der Waals surface area contributed by atoms with Crippen LogP contribution in [0.3, 0.4) is 0 Å². The largest absolute Gasteiger partial charge is 0.457 e. The third kappa shape index (κ3) is 3.22. The summed E-state index contributed by atoms with van der Waals surface area (Å²) in [6.45, 7) is 7.09. The molecule has 0 spiro atoms. The number of benzene rings is 3. The number of nitrogens with zero attached hydrogens (tertiary/aromatic N) is 4. The Hall–Kier alpha value is -4.32.